The van der Waals surface area contributed by atoms with E-state index < -0.39 is 16.4 Å². The highest BCUT2D eigenvalue weighted by Gasteiger charge is 2.18. The van der Waals surface area contributed by atoms with Crippen LogP contribution in [-0.4, -0.2) is 31.8 Å². The van der Waals surface area contributed by atoms with Crippen LogP contribution in [0.1, 0.15) is 16.5 Å². The highest BCUT2D eigenvalue weighted by molar-refractivity contribution is 7.10. The molecule has 0 aliphatic heterocycles. The van der Waals surface area contributed by atoms with Crippen LogP contribution in [0.4, 0.5) is 5.69 Å². The van der Waals surface area contributed by atoms with Gasteiger partial charge in [0.25, 0.3) is 5.69 Å². The van der Waals surface area contributed by atoms with Crippen molar-refractivity contribution in [2.45, 2.75) is 6.04 Å². The monoisotopic (exact) mass is 353 g/mol. The van der Waals surface area contributed by atoms with E-state index in [1.165, 1.54) is 22.1 Å². The lowest BCUT2D eigenvalue weighted by Crippen LogP contribution is -3.06. The molecule has 0 aliphatic carbocycles. The molecule has 1 aromatic heterocycles. The second-order valence-electron chi connectivity index (χ2n) is 5.24. The van der Waals surface area contributed by atoms with Crippen LogP contribution in [0, 0.1) is 10.1 Å². The first-order valence-electron chi connectivity index (χ1n) is 6.88. The lowest BCUT2D eigenvalue weighted by Gasteiger charge is -2.18. The summed E-state index contributed by atoms with van der Waals surface area (Å²) in [4.78, 5) is 16.8. The minimum absolute atomic E-state index is 0.128. The molecule has 0 bridgehead atoms. The van der Waals surface area contributed by atoms with E-state index in [0.29, 0.717) is 6.54 Å². The number of likely N-dealkylation sites (N-methyl/N-ethyl adjacent to an activating group) is 1. The molecule has 1 heterocycles. The molecule has 0 unspecified atom stereocenters. The molecule has 0 radical (unpaired) electrons. The summed E-state index contributed by atoms with van der Waals surface area (Å²) in [5.74, 6) is -0.673. The fraction of sp³-hybridized carbons (Fsp3) is 0.267. The van der Waals surface area contributed by atoms with Crippen molar-refractivity contribution < 1.29 is 14.9 Å². The molecule has 23 heavy (non-hydrogen) atoms. The van der Waals surface area contributed by atoms with Crippen LogP contribution in [0.15, 0.2) is 34.6 Å². The van der Waals surface area contributed by atoms with E-state index in [9.17, 15) is 15.2 Å². The van der Waals surface area contributed by atoms with Crippen LogP contribution in [0.2, 0.25) is 5.02 Å². The average Bonchev–Trinajstić information content (AvgIpc) is 2.99. The number of nitrogens with zero attached hydrogens (tertiary/aromatic N) is 2. The van der Waals surface area contributed by atoms with Crippen molar-refractivity contribution >= 4 is 34.8 Å². The first-order chi connectivity index (χ1) is 10.9. The number of hydrogen-bond donors (Lipinski definition) is 1. The van der Waals surface area contributed by atoms with Gasteiger partial charge in [0.1, 0.15) is 6.04 Å². The van der Waals surface area contributed by atoms with E-state index in [2.05, 4.69) is 4.99 Å². The molecule has 2 aromatic rings. The number of hydrogen-bond acceptors (Lipinski definition) is 5. The summed E-state index contributed by atoms with van der Waals surface area (Å²) < 4.78 is 0. The van der Waals surface area contributed by atoms with Crippen molar-refractivity contribution in [1.82, 2.24) is 0 Å². The number of thiophene rings is 1. The Morgan fingerprint density at radius 3 is 2.78 bits per heavy atom. The standard InChI is InChI=1S/C15H16ClN3O3S/c1-18(2)13(14-4-3-5-23-14)9-17-8-10-6-11(16)7-12(15(10)20)19(21)22/h3-8,13,20H,9H2,1-2H3/t13-/m0/s1. The summed E-state index contributed by atoms with van der Waals surface area (Å²) in [5, 5.41) is 25.0. The quantitative estimate of drug-likeness (QED) is 0.487. The molecular weight excluding hydrogens is 338 g/mol. The molecule has 0 fully saturated rings. The van der Waals surface area contributed by atoms with Crippen molar-refractivity contribution in [3.8, 4) is 5.75 Å². The molecule has 0 saturated carbocycles. The van der Waals surface area contributed by atoms with Crippen LogP contribution < -0.4 is 10.0 Å². The Morgan fingerprint density at radius 2 is 2.22 bits per heavy atom. The van der Waals surface area contributed by atoms with Gasteiger partial charge in [-0.15, -0.1) is 11.3 Å². The summed E-state index contributed by atoms with van der Waals surface area (Å²) >= 11 is 7.48. The molecule has 6 nitrogen and oxygen atoms in total. The fourth-order valence-electron chi connectivity index (χ4n) is 2.13. The number of nitro groups is 1. The van der Waals surface area contributed by atoms with Crippen LogP contribution in [0.25, 0.3) is 0 Å². The summed E-state index contributed by atoms with van der Waals surface area (Å²) in [7, 11) is 4.06. The Balaban J connectivity index is 2.21. The molecule has 2 rings (SSSR count). The normalized spacial score (nSPS) is 12.9. The zero-order valence-electron chi connectivity index (χ0n) is 12.7. The zero-order valence-corrected chi connectivity index (χ0v) is 14.2. The van der Waals surface area contributed by atoms with E-state index in [1.54, 1.807) is 11.3 Å². The van der Waals surface area contributed by atoms with Gasteiger partial charge in [-0.2, -0.15) is 0 Å². The maximum Gasteiger partial charge on any atom is 0.263 e. The van der Waals surface area contributed by atoms with E-state index >= 15 is 0 Å². The van der Waals surface area contributed by atoms with E-state index in [-0.39, 0.29) is 16.6 Å². The molecule has 1 atom stereocenters. The van der Waals surface area contributed by atoms with E-state index in [1.807, 2.05) is 31.6 Å². The lowest BCUT2D eigenvalue weighted by molar-refractivity contribution is -0.890. The third-order valence-corrected chi connectivity index (χ3v) is 4.57. The summed E-state index contributed by atoms with van der Waals surface area (Å²) in [6.45, 7) is 0.475. The lowest BCUT2D eigenvalue weighted by atomic mass is 10.2. The molecule has 0 saturated heterocycles. The van der Waals surface area contributed by atoms with Crippen molar-refractivity contribution in [2.75, 3.05) is 20.6 Å². The minimum atomic E-state index is -0.732. The molecule has 1 aromatic carbocycles. The smallest absolute Gasteiger partial charge is 0.263 e. The van der Waals surface area contributed by atoms with E-state index in [0.717, 1.165) is 6.07 Å². The van der Waals surface area contributed by atoms with Crippen LogP contribution in [0.5, 0.6) is 5.75 Å². The average molecular weight is 354 g/mol. The van der Waals surface area contributed by atoms with Gasteiger partial charge in [0.15, 0.2) is 0 Å². The van der Waals surface area contributed by atoms with Crippen molar-refractivity contribution in [1.29, 1.82) is 0 Å². The molecule has 122 valence electrons. The van der Waals surface area contributed by atoms with Gasteiger partial charge in [0.05, 0.1) is 30.4 Å². The Bertz CT molecular complexity index is 717. The predicted octanol–water partition coefficient (Wildman–Crippen LogP) is 1.69. The van der Waals surface area contributed by atoms with Gasteiger partial charge in [-0.3, -0.25) is 15.1 Å². The summed E-state index contributed by atoms with van der Waals surface area (Å²) in [6, 6.07) is 6.63. The Hall–Kier alpha value is -1.96. The Morgan fingerprint density at radius 1 is 1.48 bits per heavy atom. The Kier molecular flexibility index (Phi) is 5.70. The largest absolute Gasteiger partial charge is 0.867 e. The van der Waals surface area contributed by atoms with Gasteiger partial charge in [-0.1, -0.05) is 17.7 Å². The molecule has 0 amide bonds. The number of benzene rings is 1. The van der Waals surface area contributed by atoms with Gasteiger partial charge in [0, 0.05) is 17.3 Å². The van der Waals surface area contributed by atoms with Gasteiger partial charge < -0.3 is 10.0 Å². The number of rotatable bonds is 6. The first kappa shape index (κ1) is 17.4. The predicted molar refractivity (Wildman–Crippen MR) is 89.9 cm³/mol. The molecule has 0 aliphatic rings. The topological polar surface area (TPSA) is 83.0 Å². The highest BCUT2D eigenvalue weighted by Crippen LogP contribution is 2.30. The van der Waals surface area contributed by atoms with Crippen molar-refractivity contribution in [2.24, 2.45) is 4.99 Å². The second-order valence-corrected chi connectivity index (χ2v) is 6.66. The maximum absolute atomic E-state index is 12.0. The summed E-state index contributed by atoms with van der Waals surface area (Å²) in [5.41, 5.74) is -0.408. The van der Waals surface area contributed by atoms with Crippen LogP contribution in [-0.2, 0) is 0 Å². The molecule has 1 N–H and O–H groups in total. The van der Waals surface area contributed by atoms with Gasteiger partial charge in [0.2, 0.25) is 0 Å². The number of nitro benzene ring substituents is 1. The van der Waals surface area contributed by atoms with Crippen molar-refractivity contribution in [3.05, 3.63) is 55.2 Å². The number of aliphatic imine (C=N–C) groups is 1. The molecule has 0 spiro atoms. The molecular formula is C15H16ClN3O3S. The van der Waals surface area contributed by atoms with Crippen molar-refractivity contribution in [3.63, 3.8) is 0 Å². The number of halogens is 1. The first-order valence-corrected chi connectivity index (χ1v) is 8.14. The number of quaternary nitrogens is 1. The third kappa shape index (κ3) is 4.28. The minimum Gasteiger partial charge on any atom is -0.867 e. The van der Waals surface area contributed by atoms with Crippen LogP contribution in [0.3, 0.4) is 0 Å². The number of nitrogens with one attached hydrogen (secondary N) is 1. The van der Waals surface area contributed by atoms with Crippen LogP contribution >= 0.6 is 22.9 Å². The SMILES string of the molecule is C[NH+](C)[C@@H](CN=Cc1cc(Cl)cc([N+](=O)[O-])c1[O-])c1cccs1. The van der Waals surface area contributed by atoms with Gasteiger partial charge >= 0.3 is 0 Å². The van der Waals surface area contributed by atoms with Gasteiger partial charge in [-0.25, -0.2) is 0 Å². The maximum atomic E-state index is 12.0. The fourth-order valence-corrected chi connectivity index (χ4v) is 3.30. The van der Waals surface area contributed by atoms with E-state index in [4.69, 9.17) is 11.6 Å². The zero-order chi connectivity index (χ0) is 17.0. The molecule has 8 heteroatoms. The van der Waals surface area contributed by atoms with Gasteiger partial charge in [-0.05, 0) is 28.8 Å². The summed E-state index contributed by atoms with van der Waals surface area (Å²) in [6.07, 6.45) is 1.37. The third-order valence-electron chi connectivity index (χ3n) is 3.36. The highest BCUT2D eigenvalue weighted by atomic mass is 35.5. The second kappa shape index (κ2) is 7.54. The Labute approximate surface area is 142 Å².